The summed E-state index contributed by atoms with van der Waals surface area (Å²) in [5.74, 6) is 1.71. The van der Waals surface area contributed by atoms with Gasteiger partial charge in [-0.15, -0.1) is 0 Å². The summed E-state index contributed by atoms with van der Waals surface area (Å²) in [6, 6.07) is 13.1. The van der Waals surface area contributed by atoms with Crippen LogP contribution in [0.3, 0.4) is 0 Å². The average molecular weight is 455 g/mol. The molecule has 0 saturated carbocycles. The zero-order valence-electron chi connectivity index (χ0n) is 20.0. The van der Waals surface area contributed by atoms with Gasteiger partial charge in [-0.1, -0.05) is 25.1 Å². The minimum atomic E-state index is 0.0554. The molecule has 1 heterocycles. The van der Waals surface area contributed by atoms with Gasteiger partial charge in [-0.3, -0.25) is 9.59 Å². The zero-order valence-corrected chi connectivity index (χ0v) is 20.0. The number of benzene rings is 2. The molecule has 178 valence electrons. The lowest BCUT2D eigenvalue weighted by molar-refractivity contribution is -0.133. The van der Waals surface area contributed by atoms with Gasteiger partial charge in [-0.25, -0.2) is 0 Å². The fourth-order valence-corrected chi connectivity index (χ4v) is 4.41. The first-order valence-corrected chi connectivity index (χ1v) is 11.4. The molecule has 0 radical (unpaired) electrons. The molecule has 7 nitrogen and oxygen atoms in total. The number of carbonyl (C=O) groups is 2. The van der Waals surface area contributed by atoms with E-state index in [0.717, 1.165) is 24.8 Å². The van der Waals surface area contributed by atoms with Gasteiger partial charge < -0.3 is 24.0 Å². The molecule has 2 amide bonds. The Morgan fingerprint density at radius 3 is 2.09 bits per heavy atom. The molecule has 0 spiro atoms. The van der Waals surface area contributed by atoms with Crippen molar-refractivity contribution >= 4 is 11.8 Å². The smallest absolute Gasteiger partial charge is 0.253 e. The van der Waals surface area contributed by atoms with E-state index in [4.69, 9.17) is 14.2 Å². The highest BCUT2D eigenvalue weighted by atomic mass is 16.5. The quantitative estimate of drug-likeness (QED) is 0.577. The predicted octanol–water partition coefficient (Wildman–Crippen LogP) is 3.80. The maximum absolute atomic E-state index is 13.3. The number of likely N-dealkylation sites (tertiary alicyclic amines) is 1. The summed E-state index contributed by atoms with van der Waals surface area (Å²) in [6.07, 6.45) is 2.68. The molecular formula is C26H34N2O5. The van der Waals surface area contributed by atoms with Crippen molar-refractivity contribution in [3.63, 3.8) is 0 Å². The average Bonchev–Trinajstić information content (AvgIpc) is 2.86. The van der Waals surface area contributed by atoms with Crippen LogP contribution < -0.4 is 14.2 Å². The Labute approximate surface area is 196 Å². The predicted molar refractivity (Wildman–Crippen MR) is 127 cm³/mol. The summed E-state index contributed by atoms with van der Waals surface area (Å²) in [7, 11) is 4.69. The van der Waals surface area contributed by atoms with Gasteiger partial charge in [-0.05, 0) is 49.1 Å². The highest BCUT2D eigenvalue weighted by Gasteiger charge is 2.30. The third-order valence-corrected chi connectivity index (χ3v) is 6.08. The Balaban J connectivity index is 1.68. The maximum atomic E-state index is 13.3. The van der Waals surface area contributed by atoms with Crippen LogP contribution >= 0.6 is 0 Å². The molecule has 33 heavy (non-hydrogen) atoms. The van der Waals surface area contributed by atoms with Crippen LogP contribution in [0.4, 0.5) is 0 Å². The molecule has 1 aliphatic rings. The first-order valence-electron chi connectivity index (χ1n) is 11.4. The second-order valence-electron chi connectivity index (χ2n) is 8.19. The molecule has 2 aromatic carbocycles. The van der Waals surface area contributed by atoms with Crippen LogP contribution in [0.2, 0.25) is 0 Å². The third kappa shape index (κ3) is 5.78. The minimum Gasteiger partial charge on any atom is -0.493 e. The number of piperidine rings is 1. The van der Waals surface area contributed by atoms with Gasteiger partial charge in [0.15, 0.2) is 11.5 Å². The highest BCUT2D eigenvalue weighted by Crippen LogP contribution is 2.38. The number of amides is 2. The lowest BCUT2D eigenvalue weighted by atomic mass is 10.0. The Hall–Kier alpha value is -3.22. The van der Waals surface area contributed by atoms with Gasteiger partial charge in [-0.2, -0.15) is 0 Å². The third-order valence-electron chi connectivity index (χ3n) is 6.08. The van der Waals surface area contributed by atoms with Crippen molar-refractivity contribution in [2.24, 2.45) is 0 Å². The molecule has 0 bridgehead atoms. The SMILES string of the molecule is CCCN(C(=O)Cc1cc(OC)c(OC)c(OC)c1)C1CCN(C(=O)c2ccccc2)CC1. The molecule has 2 aromatic rings. The molecule has 0 aromatic heterocycles. The lowest BCUT2D eigenvalue weighted by Crippen LogP contribution is -2.49. The van der Waals surface area contributed by atoms with Crippen LogP contribution in [0.1, 0.15) is 42.1 Å². The maximum Gasteiger partial charge on any atom is 0.253 e. The van der Waals surface area contributed by atoms with Crippen LogP contribution in [0, 0.1) is 0 Å². The molecule has 0 N–H and O–H groups in total. The van der Waals surface area contributed by atoms with Gasteiger partial charge in [0.05, 0.1) is 27.8 Å². The molecule has 0 unspecified atom stereocenters. The number of hydrogen-bond acceptors (Lipinski definition) is 5. The second-order valence-corrected chi connectivity index (χ2v) is 8.19. The van der Waals surface area contributed by atoms with Crippen molar-refractivity contribution in [2.45, 2.75) is 38.6 Å². The van der Waals surface area contributed by atoms with Gasteiger partial charge in [0, 0.05) is 31.2 Å². The Morgan fingerprint density at radius 1 is 0.970 bits per heavy atom. The number of carbonyl (C=O) groups excluding carboxylic acids is 2. The van der Waals surface area contributed by atoms with Gasteiger partial charge in [0.2, 0.25) is 11.7 Å². The molecule has 1 saturated heterocycles. The Bertz CT molecular complexity index is 914. The van der Waals surface area contributed by atoms with Crippen molar-refractivity contribution in [2.75, 3.05) is 41.0 Å². The second kappa shape index (κ2) is 11.6. The van der Waals surface area contributed by atoms with Crippen LogP contribution in [-0.4, -0.2) is 68.6 Å². The summed E-state index contributed by atoms with van der Waals surface area (Å²) in [5.41, 5.74) is 1.52. The van der Waals surface area contributed by atoms with Crippen molar-refractivity contribution in [1.82, 2.24) is 9.80 Å². The van der Waals surface area contributed by atoms with Gasteiger partial charge >= 0.3 is 0 Å². The monoisotopic (exact) mass is 454 g/mol. The van der Waals surface area contributed by atoms with Crippen molar-refractivity contribution in [3.05, 3.63) is 53.6 Å². The van der Waals surface area contributed by atoms with E-state index in [0.29, 0.717) is 42.4 Å². The van der Waals surface area contributed by atoms with Crippen molar-refractivity contribution in [1.29, 1.82) is 0 Å². The first-order chi connectivity index (χ1) is 16.0. The molecule has 1 aliphatic heterocycles. The zero-order chi connectivity index (χ0) is 23.8. The standard InChI is InChI=1S/C26H34N2O5/c1-5-13-28(21-11-14-27(15-12-21)26(30)20-9-7-6-8-10-20)24(29)18-19-16-22(31-2)25(33-4)23(17-19)32-3/h6-10,16-17,21H,5,11-15,18H2,1-4H3. The Kier molecular flexibility index (Phi) is 8.58. The van der Waals surface area contributed by atoms with E-state index < -0.39 is 0 Å². The van der Waals surface area contributed by atoms with Crippen molar-refractivity contribution < 1.29 is 23.8 Å². The normalized spacial score (nSPS) is 14.0. The number of hydrogen-bond donors (Lipinski definition) is 0. The van der Waals surface area contributed by atoms with Crippen molar-refractivity contribution in [3.8, 4) is 17.2 Å². The number of ether oxygens (including phenoxy) is 3. The van der Waals surface area contributed by atoms with E-state index in [1.807, 2.05) is 52.3 Å². The van der Waals surface area contributed by atoms with Crippen LogP contribution in [0.5, 0.6) is 17.2 Å². The summed E-state index contributed by atoms with van der Waals surface area (Å²) >= 11 is 0. The molecule has 7 heteroatoms. The molecule has 0 atom stereocenters. The van der Waals surface area contributed by atoms with Gasteiger partial charge in [0.25, 0.3) is 5.91 Å². The van der Waals surface area contributed by atoms with E-state index in [2.05, 4.69) is 6.92 Å². The summed E-state index contributed by atoms with van der Waals surface area (Å²) < 4.78 is 16.2. The molecular weight excluding hydrogens is 420 g/mol. The summed E-state index contributed by atoms with van der Waals surface area (Å²) in [6.45, 7) is 4.07. The summed E-state index contributed by atoms with van der Waals surface area (Å²) in [4.78, 5) is 30.0. The largest absolute Gasteiger partial charge is 0.493 e. The van der Waals surface area contributed by atoms with E-state index in [-0.39, 0.29) is 24.3 Å². The fraction of sp³-hybridized carbons (Fsp3) is 0.462. The van der Waals surface area contributed by atoms with E-state index in [1.165, 1.54) is 0 Å². The topological polar surface area (TPSA) is 68.3 Å². The fourth-order valence-electron chi connectivity index (χ4n) is 4.41. The summed E-state index contributed by atoms with van der Waals surface area (Å²) in [5, 5.41) is 0. The lowest BCUT2D eigenvalue weighted by Gasteiger charge is -2.38. The van der Waals surface area contributed by atoms with Crippen LogP contribution in [0.25, 0.3) is 0 Å². The number of rotatable bonds is 9. The minimum absolute atomic E-state index is 0.0554. The van der Waals surface area contributed by atoms with E-state index in [1.54, 1.807) is 21.3 Å². The Morgan fingerprint density at radius 2 is 1.58 bits per heavy atom. The van der Waals surface area contributed by atoms with Crippen LogP contribution in [0.15, 0.2) is 42.5 Å². The number of methoxy groups -OCH3 is 3. The van der Waals surface area contributed by atoms with Crippen LogP contribution in [-0.2, 0) is 11.2 Å². The van der Waals surface area contributed by atoms with E-state index in [9.17, 15) is 9.59 Å². The molecule has 1 fully saturated rings. The van der Waals surface area contributed by atoms with Gasteiger partial charge in [0.1, 0.15) is 0 Å². The first kappa shape index (κ1) is 24.4. The molecule has 3 rings (SSSR count). The molecule has 0 aliphatic carbocycles. The highest BCUT2D eigenvalue weighted by molar-refractivity contribution is 5.94. The number of nitrogens with zero attached hydrogens (tertiary/aromatic N) is 2. The van der Waals surface area contributed by atoms with E-state index >= 15 is 0 Å².